The maximum atomic E-state index is 10.5. The van der Waals surface area contributed by atoms with E-state index < -0.39 is 5.60 Å². The number of aryl methyl sites for hydroxylation is 2. The first-order valence-electron chi connectivity index (χ1n) is 9.64. The van der Waals surface area contributed by atoms with Crippen molar-refractivity contribution < 1.29 is 10.2 Å². The minimum Gasteiger partial charge on any atom is -0.507 e. The van der Waals surface area contributed by atoms with Gasteiger partial charge in [0.2, 0.25) is 0 Å². The molecule has 2 aromatic heterocycles. The van der Waals surface area contributed by atoms with Gasteiger partial charge in [0.15, 0.2) is 0 Å². The van der Waals surface area contributed by atoms with Crippen molar-refractivity contribution in [3.63, 3.8) is 0 Å². The zero-order valence-electron chi connectivity index (χ0n) is 17.3. The molecule has 0 bridgehead atoms. The van der Waals surface area contributed by atoms with Gasteiger partial charge in [-0.15, -0.1) is 11.3 Å². The average Bonchev–Trinajstić information content (AvgIpc) is 3.33. The van der Waals surface area contributed by atoms with Gasteiger partial charge in [-0.3, -0.25) is 0 Å². The van der Waals surface area contributed by atoms with Crippen LogP contribution in [0, 0.1) is 13.8 Å². The number of phenols is 1. The molecule has 0 saturated heterocycles. The average molecular weight is 439 g/mol. The second-order valence-electron chi connectivity index (χ2n) is 7.96. The highest BCUT2D eigenvalue weighted by Gasteiger charge is 2.24. The fourth-order valence-corrected chi connectivity index (χ4v) is 4.60. The van der Waals surface area contributed by atoms with Crippen LogP contribution >= 0.6 is 22.9 Å². The van der Waals surface area contributed by atoms with Crippen LogP contribution in [0.25, 0.3) is 26.7 Å². The molecule has 2 N–H and O–H groups in total. The monoisotopic (exact) mass is 438 g/mol. The number of halogens is 1. The van der Waals surface area contributed by atoms with Crippen LogP contribution in [-0.2, 0) is 5.60 Å². The van der Waals surface area contributed by atoms with Gasteiger partial charge in [0.05, 0.1) is 27.0 Å². The molecule has 0 atom stereocenters. The summed E-state index contributed by atoms with van der Waals surface area (Å²) < 4.78 is 1.79. The normalized spacial score (nSPS) is 11.8. The first kappa shape index (κ1) is 20.7. The molecule has 0 unspecified atom stereocenters. The standard InChI is InChI=1S/C24H23ClN2O2S/c1-14-11-16(12-15(2)23(14)28)20-9-10-21(30-20)19-13-22(24(3,4)29)26-27(19)18-8-6-5-7-17(18)25/h5-13,28-29H,1-4H3. The fourth-order valence-electron chi connectivity index (χ4n) is 3.39. The van der Waals surface area contributed by atoms with Gasteiger partial charge in [0.1, 0.15) is 11.4 Å². The maximum absolute atomic E-state index is 10.5. The zero-order chi connectivity index (χ0) is 21.6. The van der Waals surface area contributed by atoms with Crippen molar-refractivity contribution in [3.05, 3.63) is 76.4 Å². The highest BCUT2D eigenvalue weighted by atomic mass is 35.5. The van der Waals surface area contributed by atoms with Crippen molar-refractivity contribution in [1.29, 1.82) is 0 Å². The molecule has 0 radical (unpaired) electrons. The topological polar surface area (TPSA) is 58.3 Å². The van der Waals surface area contributed by atoms with Crippen LogP contribution in [0.3, 0.4) is 0 Å². The third-order valence-electron chi connectivity index (χ3n) is 5.05. The van der Waals surface area contributed by atoms with Gasteiger partial charge in [0, 0.05) is 4.88 Å². The Labute approximate surface area is 185 Å². The van der Waals surface area contributed by atoms with Crippen molar-refractivity contribution >= 4 is 22.9 Å². The van der Waals surface area contributed by atoms with E-state index >= 15 is 0 Å². The van der Waals surface area contributed by atoms with Crippen LogP contribution in [0.5, 0.6) is 5.75 Å². The number of thiophene rings is 1. The molecule has 4 aromatic rings. The molecule has 0 aliphatic heterocycles. The van der Waals surface area contributed by atoms with E-state index in [2.05, 4.69) is 17.2 Å². The smallest absolute Gasteiger partial charge is 0.121 e. The Balaban J connectivity index is 1.86. The molecule has 2 aromatic carbocycles. The number of hydrogen-bond donors (Lipinski definition) is 2. The Morgan fingerprint density at radius 2 is 1.60 bits per heavy atom. The second kappa shape index (κ2) is 7.58. The third kappa shape index (κ3) is 3.76. The van der Waals surface area contributed by atoms with Gasteiger partial charge >= 0.3 is 0 Å². The number of nitrogens with zero attached hydrogens (tertiary/aromatic N) is 2. The number of aromatic hydroxyl groups is 1. The molecule has 0 spiro atoms. The summed E-state index contributed by atoms with van der Waals surface area (Å²) in [5.41, 5.74) is 3.89. The Morgan fingerprint density at radius 1 is 0.967 bits per heavy atom. The summed E-state index contributed by atoms with van der Waals surface area (Å²) in [6.07, 6.45) is 0. The predicted octanol–water partition coefficient (Wildman–Crippen LogP) is 6.47. The molecule has 4 nitrogen and oxygen atoms in total. The summed E-state index contributed by atoms with van der Waals surface area (Å²) in [7, 11) is 0. The fraction of sp³-hybridized carbons (Fsp3) is 0.208. The molecule has 0 amide bonds. The van der Waals surface area contributed by atoms with Crippen LogP contribution in [0.15, 0.2) is 54.6 Å². The quantitative estimate of drug-likeness (QED) is 0.383. The van der Waals surface area contributed by atoms with Crippen molar-refractivity contribution in [2.45, 2.75) is 33.3 Å². The molecule has 154 valence electrons. The predicted molar refractivity (Wildman–Crippen MR) is 124 cm³/mol. The lowest BCUT2D eigenvalue weighted by Gasteiger charge is -2.13. The van der Waals surface area contributed by atoms with E-state index in [1.54, 1.807) is 29.9 Å². The Kier molecular flexibility index (Phi) is 5.22. The highest BCUT2D eigenvalue weighted by molar-refractivity contribution is 7.18. The SMILES string of the molecule is Cc1cc(-c2ccc(-c3cc(C(C)(C)O)nn3-c3ccccc3Cl)s2)cc(C)c1O. The van der Waals surface area contributed by atoms with Crippen molar-refractivity contribution in [1.82, 2.24) is 9.78 Å². The number of aliphatic hydroxyl groups is 1. The lowest BCUT2D eigenvalue weighted by molar-refractivity contribution is 0.0734. The Bertz CT molecular complexity index is 1210. The van der Waals surface area contributed by atoms with Gasteiger partial charge in [-0.2, -0.15) is 5.10 Å². The number of hydrogen-bond acceptors (Lipinski definition) is 4. The third-order valence-corrected chi connectivity index (χ3v) is 6.53. The number of phenolic OH excluding ortho intramolecular Hbond substituents is 1. The van der Waals surface area contributed by atoms with E-state index in [0.717, 1.165) is 37.8 Å². The number of rotatable bonds is 4. The molecule has 6 heteroatoms. The molecule has 0 aliphatic carbocycles. The molecule has 30 heavy (non-hydrogen) atoms. The molecule has 0 aliphatic rings. The summed E-state index contributed by atoms with van der Waals surface area (Å²) in [5, 5.41) is 25.9. The van der Waals surface area contributed by atoms with Crippen LogP contribution in [0.2, 0.25) is 5.02 Å². The summed E-state index contributed by atoms with van der Waals surface area (Å²) in [6, 6.07) is 17.5. The number of benzene rings is 2. The molecule has 0 saturated carbocycles. The second-order valence-corrected chi connectivity index (χ2v) is 9.45. The van der Waals surface area contributed by atoms with Crippen molar-refractivity contribution in [2.24, 2.45) is 0 Å². The van der Waals surface area contributed by atoms with Gasteiger partial charge in [-0.05, 0) is 86.8 Å². The first-order valence-corrected chi connectivity index (χ1v) is 10.8. The van der Waals surface area contributed by atoms with E-state index in [-0.39, 0.29) is 0 Å². The molecule has 4 rings (SSSR count). The molecular weight excluding hydrogens is 416 g/mol. The molecular formula is C24H23ClN2O2S. The Morgan fingerprint density at radius 3 is 2.23 bits per heavy atom. The Hall–Kier alpha value is -2.60. The van der Waals surface area contributed by atoms with Gasteiger partial charge in [-0.1, -0.05) is 23.7 Å². The van der Waals surface area contributed by atoms with Crippen LogP contribution < -0.4 is 0 Å². The summed E-state index contributed by atoms with van der Waals surface area (Å²) in [5.74, 6) is 0.335. The largest absolute Gasteiger partial charge is 0.507 e. The molecule has 2 heterocycles. The summed E-state index contributed by atoms with van der Waals surface area (Å²) in [6.45, 7) is 7.25. The highest BCUT2D eigenvalue weighted by Crippen LogP contribution is 2.39. The molecule has 0 fully saturated rings. The van der Waals surface area contributed by atoms with Crippen molar-refractivity contribution in [3.8, 4) is 32.4 Å². The van der Waals surface area contributed by atoms with Gasteiger partial charge < -0.3 is 10.2 Å². The number of para-hydroxylation sites is 1. The van der Waals surface area contributed by atoms with Crippen LogP contribution in [-0.4, -0.2) is 20.0 Å². The maximum Gasteiger partial charge on any atom is 0.121 e. The van der Waals surface area contributed by atoms with Crippen LogP contribution in [0.4, 0.5) is 0 Å². The lowest BCUT2D eigenvalue weighted by atomic mass is 10.0. The van der Waals surface area contributed by atoms with E-state index in [1.807, 2.05) is 56.3 Å². The van der Waals surface area contributed by atoms with Crippen molar-refractivity contribution in [2.75, 3.05) is 0 Å². The van der Waals surface area contributed by atoms with Gasteiger partial charge in [0.25, 0.3) is 0 Å². The van der Waals surface area contributed by atoms with Gasteiger partial charge in [-0.25, -0.2) is 4.68 Å². The zero-order valence-corrected chi connectivity index (χ0v) is 18.8. The van der Waals surface area contributed by atoms with E-state index in [1.165, 1.54) is 0 Å². The van der Waals surface area contributed by atoms with E-state index in [9.17, 15) is 10.2 Å². The number of aromatic nitrogens is 2. The van der Waals surface area contributed by atoms with E-state index in [0.29, 0.717) is 16.5 Å². The summed E-state index contributed by atoms with van der Waals surface area (Å²) in [4.78, 5) is 2.10. The lowest BCUT2D eigenvalue weighted by Crippen LogP contribution is -2.16. The first-order chi connectivity index (χ1) is 14.1. The van der Waals surface area contributed by atoms with E-state index in [4.69, 9.17) is 11.6 Å². The minimum atomic E-state index is -1.08. The summed E-state index contributed by atoms with van der Waals surface area (Å²) >= 11 is 8.08. The van der Waals surface area contributed by atoms with Crippen LogP contribution in [0.1, 0.15) is 30.7 Å². The minimum absolute atomic E-state index is 0.335.